The molecule has 100 valence electrons. The molecule has 1 N–H and O–H groups in total. The van der Waals surface area contributed by atoms with Crippen molar-refractivity contribution in [2.45, 2.75) is 19.3 Å². The number of hydrogen-bond donors (Lipinski definition) is 1. The highest BCUT2D eigenvalue weighted by molar-refractivity contribution is 6.32. The van der Waals surface area contributed by atoms with Gasteiger partial charge in [0, 0.05) is 11.5 Å². The van der Waals surface area contributed by atoms with Gasteiger partial charge >= 0.3 is 5.97 Å². The summed E-state index contributed by atoms with van der Waals surface area (Å²) >= 11 is 6.12. The highest BCUT2D eigenvalue weighted by Gasteiger charge is 2.48. The summed E-state index contributed by atoms with van der Waals surface area (Å²) in [4.78, 5) is 23.0. The van der Waals surface area contributed by atoms with E-state index in [4.69, 9.17) is 21.4 Å². The van der Waals surface area contributed by atoms with Gasteiger partial charge in [-0.1, -0.05) is 11.6 Å². The van der Waals surface area contributed by atoms with Crippen molar-refractivity contribution in [3.63, 3.8) is 0 Å². The molecule has 19 heavy (non-hydrogen) atoms. The van der Waals surface area contributed by atoms with E-state index in [-0.39, 0.29) is 5.78 Å². The van der Waals surface area contributed by atoms with Gasteiger partial charge in [-0.05, 0) is 37.0 Å². The summed E-state index contributed by atoms with van der Waals surface area (Å²) in [6.07, 6.45) is 2.17. The number of carbonyl (C=O) groups excluding carboxylic acids is 1. The number of carboxylic acid groups (broad SMARTS) is 1. The fourth-order valence-corrected chi connectivity index (χ4v) is 2.84. The second kappa shape index (κ2) is 4.53. The van der Waals surface area contributed by atoms with Crippen LogP contribution in [0.1, 0.15) is 28.8 Å². The lowest BCUT2D eigenvalue weighted by molar-refractivity contribution is -0.138. The highest BCUT2D eigenvalue weighted by Crippen LogP contribution is 2.42. The van der Waals surface area contributed by atoms with Gasteiger partial charge in [-0.3, -0.25) is 9.59 Å². The fourth-order valence-electron chi connectivity index (χ4n) is 2.55. The van der Waals surface area contributed by atoms with E-state index >= 15 is 0 Å². The van der Waals surface area contributed by atoms with Crippen LogP contribution >= 0.6 is 11.6 Å². The first-order valence-corrected chi connectivity index (χ1v) is 6.68. The van der Waals surface area contributed by atoms with Crippen molar-refractivity contribution in [3.8, 4) is 5.75 Å². The number of hydrogen-bond acceptors (Lipinski definition) is 3. The second-order valence-corrected chi connectivity index (χ2v) is 5.46. The van der Waals surface area contributed by atoms with Gasteiger partial charge < -0.3 is 9.84 Å². The van der Waals surface area contributed by atoms with E-state index in [0.29, 0.717) is 29.4 Å². The van der Waals surface area contributed by atoms with Crippen LogP contribution in [0.4, 0.5) is 0 Å². The molecule has 3 rings (SSSR count). The maximum Gasteiger partial charge on any atom is 0.307 e. The van der Waals surface area contributed by atoms with E-state index in [0.717, 1.165) is 18.4 Å². The molecule has 1 heterocycles. The second-order valence-electron chi connectivity index (χ2n) is 5.05. The topological polar surface area (TPSA) is 63.6 Å². The van der Waals surface area contributed by atoms with Crippen molar-refractivity contribution in [1.29, 1.82) is 0 Å². The van der Waals surface area contributed by atoms with Crippen LogP contribution in [0.25, 0.3) is 0 Å². The van der Waals surface area contributed by atoms with Crippen LogP contribution in [0.2, 0.25) is 5.02 Å². The van der Waals surface area contributed by atoms with Crippen LogP contribution in [-0.4, -0.2) is 23.5 Å². The lowest BCUT2D eigenvalue weighted by Gasteiger charge is -2.19. The molecule has 0 bridgehead atoms. The molecule has 1 aliphatic carbocycles. The Morgan fingerprint density at radius 3 is 2.79 bits per heavy atom. The van der Waals surface area contributed by atoms with Gasteiger partial charge in [0.05, 0.1) is 17.5 Å². The summed E-state index contributed by atoms with van der Waals surface area (Å²) < 4.78 is 5.49. The minimum absolute atomic E-state index is 0.123. The Morgan fingerprint density at radius 2 is 2.11 bits per heavy atom. The van der Waals surface area contributed by atoms with Crippen LogP contribution in [-0.2, 0) is 11.2 Å². The van der Waals surface area contributed by atoms with Gasteiger partial charge in [0.25, 0.3) is 0 Å². The number of aryl methyl sites for hydroxylation is 1. The number of rotatable bonds is 3. The first-order chi connectivity index (χ1) is 9.08. The maximum atomic E-state index is 12.2. The Bertz CT molecular complexity index is 567. The lowest BCUT2D eigenvalue weighted by atomic mass is 9.99. The molecule has 2 unspecified atom stereocenters. The van der Waals surface area contributed by atoms with Gasteiger partial charge in [-0.25, -0.2) is 0 Å². The van der Waals surface area contributed by atoms with E-state index < -0.39 is 17.8 Å². The molecule has 0 aromatic heterocycles. The largest absolute Gasteiger partial charge is 0.492 e. The Morgan fingerprint density at radius 1 is 1.32 bits per heavy atom. The molecule has 1 fully saturated rings. The molecule has 1 saturated carbocycles. The zero-order valence-corrected chi connectivity index (χ0v) is 10.9. The first kappa shape index (κ1) is 12.5. The number of Topliss-reactive ketones (excluding diaryl/α,β-unsaturated/α-hetero) is 1. The molecular formula is C14H13ClO4. The Balaban J connectivity index is 1.88. The molecule has 1 aromatic rings. The van der Waals surface area contributed by atoms with Crippen molar-refractivity contribution in [1.82, 2.24) is 0 Å². The monoisotopic (exact) mass is 280 g/mol. The number of halogens is 1. The van der Waals surface area contributed by atoms with E-state index in [1.165, 1.54) is 0 Å². The van der Waals surface area contributed by atoms with Gasteiger partial charge in [0.1, 0.15) is 5.75 Å². The minimum Gasteiger partial charge on any atom is -0.492 e. The van der Waals surface area contributed by atoms with Crippen molar-refractivity contribution in [3.05, 3.63) is 28.3 Å². The third kappa shape index (κ3) is 2.21. The molecule has 1 aliphatic heterocycles. The fraction of sp³-hybridized carbons (Fsp3) is 0.429. The summed E-state index contributed by atoms with van der Waals surface area (Å²) in [6.45, 7) is 0.643. The van der Waals surface area contributed by atoms with Gasteiger partial charge in [0.2, 0.25) is 0 Å². The standard InChI is InChI=1S/C14H13ClO4/c15-11-5-8(4-7-2-1-3-19-13(7)11)12(16)9-6-10(9)14(17)18/h4-5,9-10H,1-3,6H2,(H,17,18). The Labute approximate surface area is 115 Å². The maximum absolute atomic E-state index is 12.2. The molecule has 2 aliphatic rings. The van der Waals surface area contributed by atoms with Crippen LogP contribution in [0.15, 0.2) is 12.1 Å². The quantitative estimate of drug-likeness (QED) is 0.864. The summed E-state index contributed by atoms with van der Waals surface area (Å²) in [5, 5.41) is 9.31. The molecule has 0 amide bonds. The predicted octanol–water partition coefficient (Wildman–Crippen LogP) is 2.57. The van der Waals surface area contributed by atoms with Gasteiger partial charge in [0.15, 0.2) is 5.78 Å². The molecule has 0 radical (unpaired) electrons. The third-order valence-corrected chi connectivity index (χ3v) is 3.97. The minimum atomic E-state index is -0.897. The normalized spacial score (nSPS) is 24.3. The molecule has 2 atom stereocenters. The van der Waals surface area contributed by atoms with Crippen molar-refractivity contribution in [2.24, 2.45) is 11.8 Å². The summed E-state index contributed by atoms with van der Waals surface area (Å²) in [5.41, 5.74) is 1.44. The molecule has 0 saturated heterocycles. The lowest BCUT2D eigenvalue weighted by Crippen LogP contribution is -2.12. The number of carbonyl (C=O) groups is 2. The number of ether oxygens (including phenoxy) is 1. The average molecular weight is 281 g/mol. The van der Waals surface area contributed by atoms with E-state index in [1.807, 2.05) is 0 Å². The predicted molar refractivity (Wildman–Crippen MR) is 68.8 cm³/mol. The van der Waals surface area contributed by atoms with Crippen LogP contribution in [0, 0.1) is 11.8 Å². The number of ketones is 1. The van der Waals surface area contributed by atoms with Crippen molar-refractivity contribution >= 4 is 23.4 Å². The molecule has 4 nitrogen and oxygen atoms in total. The zero-order chi connectivity index (χ0) is 13.6. The van der Waals surface area contributed by atoms with Crippen LogP contribution in [0.3, 0.4) is 0 Å². The van der Waals surface area contributed by atoms with Crippen LogP contribution < -0.4 is 4.74 Å². The van der Waals surface area contributed by atoms with E-state index in [1.54, 1.807) is 12.1 Å². The molecular weight excluding hydrogens is 268 g/mol. The SMILES string of the molecule is O=C(O)C1CC1C(=O)c1cc(Cl)c2c(c1)CCCO2. The number of aliphatic carboxylic acids is 1. The number of fused-ring (bicyclic) bond motifs is 1. The molecule has 1 aromatic carbocycles. The summed E-state index contributed by atoms with van der Waals surface area (Å²) in [7, 11) is 0. The van der Waals surface area contributed by atoms with E-state index in [2.05, 4.69) is 0 Å². The number of benzene rings is 1. The van der Waals surface area contributed by atoms with E-state index in [9.17, 15) is 9.59 Å². The third-order valence-electron chi connectivity index (χ3n) is 3.69. The van der Waals surface area contributed by atoms with Gasteiger partial charge in [-0.2, -0.15) is 0 Å². The summed E-state index contributed by atoms with van der Waals surface area (Å²) in [5.74, 6) is -1.28. The summed E-state index contributed by atoms with van der Waals surface area (Å²) in [6, 6.07) is 3.38. The Hall–Kier alpha value is -1.55. The number of carboxylic acids is 1. The average Bonchev–Trinajstić information content (AvgIpc) is 3.18. The Kier molecular flexibility index (Phi) is 2.97. The van der Waals surface area contributed by atoms with Crippen molar-refractivity contribution in [2.75, 3.05) is 6.61 Å². The first-order valence-electron chi connectivity index (χ1n) is 6.30. The molecule has 5 heteroatoms. The molecule has 0 spiro atoms. The van der Waals surface area contributed by atoms with Crippen molar-refractivity contribution < 1.29 is 19.4 Å². The smallest absolute Gasteiger partial charge is 0.307 e. The van der Waals surface area contributed by atoms with Crippen LogP contribution in [0.5, 0.6) is 5.75 Å². The highest BCUT2D eigenvalue weighted by atomic mass is 35.5. The zero-order valence-electron chi connectivity index (χ0n) is 10.2. The van der Waals surface area contributed by atoms with Gasteiger partial charge in [-0.15, -0.1) is 0 Å².